The zero-order chi connectivity index (χ0) is 15.9. The van der Waals surface area contributed by atoms with Gasteiger partial charge in [-0.15, -0.1) is 0 Å². The van der Waals surface area contributed by atoms with Gasteiger partial charge in [-0.3, -0.25) is 10.0 Å². The summed E-state index contributed by atoms with van der Waals surface area (Å²) in [4.78, 5) is 10.9. The molecule has 1 heterocycles. The summed E-state index contributed by atoms with van der Waals surface area (Å²) in [6.45, 7) is 0.834. The van der Waals surface area contributed by atoms with Gasteiger partial charge in [0.25, 0.3) is 5.91 Å². The molecule has 1 amide bonds. The Morgan fingerprint density at radius 3 is 3.00 bits per heavy atom. The Bertz CT molecular complexity index is 685. The Kier molecular flexibility index (Phi) is 5.57. The summed E-state index contributed by atoms with van der Waals surface area (Å²) in [5.41, 5.74) is 2.29. The number of aromatic nitrogens is 1. The number of hydrogen-bond acceptors (Lipinski definition) is 3. The number of nitrogens with zero attached hydrogens (tertiary/aromatic N) is 1. The third-order valence-corrected chi connectivity index (χ3v) is 3.18. The molecule has 0 saturated carbocycles. The summed E-state index contributed by atoms with van der Waals surface area (Å²) in [6.07, 6.45) is 4.59. The summed E-state index contributed by atoms with van der Waals surface area (Å²) < 4.78 is 20.6. The van der Waals surface area contributed by atoms with Crippen molar-refractivity contribution in [2.75, 3.05) is 6.61 Å². The van der Waals surface area contributed by atoms with Crippen molar-refractivity contribution in [2.45, 2.75) is 6.54 Å². The Balaban J connectivity index is 1.92. The highest BCUT2D eigenvalue weighted by Gasteiger charge is 2.03. The Labute approximate surface area is 131 Å². The fraction of sp³-hybridized carbons (Fsp3) is 0.133. The second-order valence-corrected chi connectivity index (χ2v) is 4.77. The SMILES string of the molecule is O=C(/C=C/c1cccn1CCOc1ccc(Cl)c(F)c1)NO. The van der Waals surface area contributed by atoms with E-state index < -0.39 is 11.7 Å². The summed E-state index contributed by atoms with van der Waals surface area (Å²) in [5.74, 6) is -0.745. The second kappa shape index (κ2) is 7.63. The van der Waals surface area contributed by atoms with Gasteiger partial charge in [0.1, 0.15) is 18.2 Å². The third kappa shape index (κ3) is 4.34. The van der Waals surface area contributed by atoms with Crippen LogP contribution in [0.2, 0.25) is 5.02 Å². The quantitative estimate of drug-likeness (QED) is 0.488. The minimum atomic E-state index is -0.611. The van der Waals surface area contributed by atoms with Gasteiger partial charge in [0, 0.05) is 24.0 Å². The van der Waals surface area contributed by atoms with E-state index in [0.29, 0.717) is 18.9 Å². The minimum absolute atomic E-state index is 0.0485. The van der Waals surface area contributed by atoms with Gasteiger partial charge in [-0.05, 0) is 30.3 Å². The predicted molar refractivity (Wildman–Crippen MR) is 80.3 cm³/mol. The van der Waals surface area contributed by atoms with Gasteiger partial charge in [-0.2, -0.15) is 0 Å². The number of hydroxylamine groups is 1. The molecule has 1 aromatic heterocycles. The molecule has 5 nitrogen and oxygen atoms in total. The van der Waals surface area contributed by atoms with Crippen LogP contribution in [0.5, 0.6) is 5.75 Å². The number of carbonyl (C=O) groups excluding carboxylic acids is 1. The Morgan fingerprint density at radius 1 is 1.45 bits per heavy atom. The van der Waals surface area contributed by atoms with Crippen LogP contribution in [0.4, 0.5) is 4.39 Å². The van der Waals surface area contributed by atoms with Gasteiger partial charge in [0.2, 0.25) is 0 Å². The Morgan fingerprint density at radius 2 is 2.27 bits per heavy atom. The normalized spacial score (nSPS) is 10.9. The molecular weight excluding hydrogens is 311 g/mol. The molecule has 2 N–H and O–H groups in total. The first kappa shape index (κ1) is 16.1. The van der Waals surface area contributed by atoms with Crippen molar-refractivity contribution in [1.82, 2.24) is 10.0 Å². The molecule has 0 aliphatic rings. The summed E-state index contributed by atoms with van der Waals surface area (Å²) in [5, 5.41) is 8.47. The van der Waals surface area contributed by atoms with E-state index in [0.717, 1.165) is 5.69 Å². The lowest BCUT2D eigenvalue weighted by Gasteiger charge is -2.09. The molecule has 116 valence electrons. The predicted octanol–water partition coefficient (Wildman–Crippen LogP) is 2.88. The van der Waals surface area contributed by atoms with Crippen molar-refractivity contribution in [2.24, 2.45) is 0 Å². The van der Waals surface area contributed by atoms with E-state index in [4.69, 9.17) is 21.5 Å². The molecule has 0 aliphatic carbocycles. The van der Waals surface area contributed by atoms with Gasteiger partial charge in [-0.25, -0.2) is 9.87 Å². The zero-order valence-corrected chi connectivity index (χ0v) is 12.3. The molecule has 0 radical (unpaired) electrons. The number of nitrogens with one attached hydrogen (secondary N) is 1. The zero-order valence-electron chi connectivity index (χ0n) is 11.5. The molecule has 2 rings (SSSR count). The molecule has 0 unspecified atom stereocenters. The number of halogens is 2. The maximum absolute atomic E-state index is 13.3. The number of carbonyl (C=O) groups is 1. The van der Waals surface area contributed by atoms with Crippen LogP contribution in [0.15, 0.2) is 42.6 Å². The fourth-order valence-corrected chi connectivity index (χ4v) is 1.93. The van der Waals surface area contributed by atoms with E-state index in [1.807, 2.05) is 22.9 Å². The van der Waals surface area contributed by atoms with Crippen molar-refractivity contribution in [1.29, 1.82) is 0 Å². The molecule has 0 aliphatic heterocycles. The minimum Gasteiger partial charge on any atom is -0.492 e. The number of amides is 1. The van der Waals surface area contributed by atoms with Crippen molar-refractivity contribution < 1.29 is 19.1 Å². The lowest BCUT2D eigenvalue weighted by atomic mass is 10.3. The average molecular weight is 325 g/mol. The second-order valence-electron chi connectivity index (χ2n) is 4.36. The topological polar surface area (TPSA) is 63.5 Å². The molecule has 1 aromatic carbocycles. The fourth-order valence-electron chi connectivity index (χ4n) is 1.81. The van der Waals surface area contributed by atoms with Crippen LogP contribution in [-0.2, 0) is 11.3 Å². The number of rotatable bonds is 6. The van der Waals surface area contributed by atoms with E-state index in [-0.39, 0.29) is 5.02 Å². The monoisotopic (exact) mass is 324 g/mol. The molecule has 22 heavy (non-hydrogen) atoms. The first-order valence-electron chi connectivity index (χ1n) is 6.45. The van der Waals surface area contributed by atoms with Gasteiger partial charge in [0.05, 0.1) is 11.6 Å². The van der Waals surface area contributed by atoms with E-state index in [9.17, 15) is 9.18 Å². The van der Waals surface area contributed by atoms with Crippen LogP contribution in [-0.4, -0.2) is 22.3 Å². The van der Waals surface area contributed by atoms with Crippen molar-refractivity contribution in [3.05, 3.63) is 59.1 Å². The van der Waals surface area contributed by atoms with Crippen molar-refractivity contribution >= 4 is 23.6 Å². The maximum Gasteiger partial charge on any atom is 0.267 e. The number of hydrogen-bond donors (Lipinski definition) is 2. The van der Waals surface area contributed by atoms with Gasteiger partial charge >= 0.3 is 0 Å². The highest BCUT2D eigenvalue weighted by atomic mass is 35.5. The number of benzene rings is 1. The number of ether oxygens (including phenoxy) is 1. The van der Waals surface area contributed by atoms with Crippen LogP contribution in [0.1, 0.15) is 5.69 Å². The molecule has 0 fully saturated rings. The van der Waals surface area contributed by atoms with Crippen molar-refractivity contribution in [3.8, 4) is 5.75 Å². The van der Waals surface area contributed by atoms with E-state index in [2.05, 4.69) is 0 Å². The maximum atomic E-state index is 13.3. The van der Waals surface area contributed by atoms with Crippen LogP contribution in [0.3, 0.4) is 0 Å². The first-order valence-corrected chi connectivity index (χ1v) is 6.83. The third-order valence-electron chi connectivity index (χ3n) is 2.87. The van der Waals surface area contributed by atoms with Crippen LogP contribution in [0, 0.1) is 5.82 Å². The molecule has 2 aromatic rings. The standard InChI is InChI=1S/C15H14ClFN2O3/c16-13-5-4-12(10-14(13)17)22-9-8-19-7-1-2-11(19)3-6-15(20)18-21/h1-7,10,21H,8-9H2,(H,18,20)/b6-3+. The van der Waals surface area contributed by atoms with E-state index >= 15 is 0 Å². The first-order chi connectivity index (χ1) is 10.6. The summed E-state index contributed by atoms with van der Waals surface area (Å²) in [6, 6.07) is 7.88. The summed E-state index contributed by atoms with van der Waals surface area (Å²) >= 11 is 5.60. The van der Waals surface area contributed by atoms with Crippen LogP contribution < -0.4 is 10.2 Å². The van der Waals surface area contributed by atoms with E-state index in [1.165, 1.54) is 23.7 Å². The smallest absolute Gasteiger partial charge is 0.267 e. The van der Waals surface area contributed by atoms with Gasteiger partial charge in [-0.1, -0.05) is 11.6 Å². The largest absolute Gasteiger partial charge is 0.492 e. The van der Waals surface area contributed by atoms with Gasteiger partial charge < -0.3 is 9.30 Å². The van der Waals surface area contributed by atoms with Crippen molar-refractivity contribution in [3.63, 3.8) is 0 Å². The lowest BCUT2D eigenvalue weighted by Crippen LogP contribution is -2.15. The Hall–Kier alpha value is -2.31. The highest BCUT2D eigenvalue weighted by molar-refractivity contribution is 6.30. The lowest BCUT2D eigenvalue weighted by molar-refractivity contribution is -0.124. The molecule has 0 saturated heterocycles. The molecular formula is C15H14ClFN2O3. The van der Waals surface area contributed by atoms with Crippen LogP contribution >= 0.6 is 11.6 Å². The van der Waals surface area contributed by atoms with Crippen LogP contribution in [0.25, 0.3) is 6.08 Å². The molecule has 0 bridgehead atoms. The average Bonchev–Trinajstić information content (AvgIpc) is 2.96. The highest BCUT2D eigenvalue weighted by Crippen LogP contribution is 2.20. The molecule has 0 atom stereocenters. The van der Waals surface area contributed by atoms with Gasteiger partial charge in [0.15, 0.2) is 0 Å². The summed E-state index contributed by atoms with van der Waals surface area (Å²) in [7, 11) is 0. The van der Waals surface area contributed by atoms with E-state index in [1.54, 1.807) is 12.1 Å². The molecule has 0 spiro atoms. The molecule has 7 heteroatoms.